The zero-order valence-corrected chi connectivity index (χ0v) is 17.3. The quantitative estimate of drug-likeness (QED) is 0.477. The normalized spacial score (nSPS) is 12.1. The molecule has 0 aliphatic heterocycles. The molecule has 2 amide bonds. The molecule has 0 heterocycles. The van der Waals surface area contributed by atoms with E-state index in [0.29, 0.717) is 24.3 Å². The maximum Gasteiger partial charge on any atom is 0.472 e. The number of amides is 2. The van der Waals surface area contributed by atoms with Gasteiger partial charge in [-0.15, -0.1) is 0 Å². The predicted octanol–water partition coefficient (Wildman–Crippen LogP) is 3.49. The molecule has 0 fully saturated rings. The number of halogens is 7. The third kappa shape index (κ3) is 6.61. The highest BCUT2D eigenvalue weighted by Crippen LogP contribution is 2.29. The minimum Gasteiger partial charge on any atom is -0.332 e. The number of nitrogens with zero attached hydrogens (tertiary/aromatic N) is 1. The molecule has 0 aliphatic carbocycles. The van der Waals surface area contributed by atoms with Crippen LogP contribution in [0.25, 0.3) is 0 Å². The summed E-state index contributed by atoms with van der Waals surface area (Å²) < 4.78 is 116. The molecule has 0 atom stereocenters. The molecule has 2 aromatic rings. The van der Waals surface area contributed by atoms with E-state index in [9.17, 15) is 48.7 Å². The highest BCUT2D eigenvalue weighted by atomic mass is 32.2. The fourth-order valence-corrected chi connectivity index (χ4v) is 3.58. The second-order valence-corrected chi connectivity index (χ2v) is 8.09. The van der Waals surface area contributed by atoms with Crippen LogP contribution in [0.5, 0.6) is 0 Å². The molecule has 0 bridgehead atoms. The highest BCUT2D eigenvalue weighted by Gasteiger charge is 2.52. The van der Waals surface area contributed by atoms with Crippen LogP contribution in [0.15, 0.2) is 53.4 Å². The first kappa shape index (κ1) is 26.0. The Hall–Kier alpha value is -3.27. The predicted molar refractivity (Wildman–Crippen MR) is 104 cm³/mol. The van der Waals surface area contributed by atoms with E-state index in [-0.39, 0.29) is 5.69 Å². The van der Waals surface area contributed by atoms with Crippen LogP contribution in [0.1, 0.15) is 0 Å². The Balaban J connectivity index is 2.28. The van der Waals surface area contributed by atoms with E-state index in [1.54, 1.807) is 0 Å². The van der Waals surface area contributed by atoms with Crippen molar-refractivity contribution in [3.63, 3.8) is 0 Å². The lowest BCUT2D eigenvalue weighted by atomic mass is 10.2. The Kier molecular flexibility index (Phi) is 7.33. The van der Waals surface area contributed by atoms with Gasteiger partial charge in [-0.3, -0.25) is 14.3 Å². The van der Waals surface area contributed by atoms with Crippen molar-refractivity contribution in [3.05, 3.63) is 54.3 Å². The molecular formula is C17H10F7N3O4S2. The monoisotopic (exact) mass is 517 g/mol. The summed E-state index contributed by atoms with van der Waals surface area (Å²) in [6.45, 7) is 0. The number of rotatable bonds is 4. The summed E-state index contributed by atoms with van der Waals surface area (Å²) in [6, 6.07) is 6.47. The van der Waals surface area contributed by atoms with Crippen molar-refractivity contribution in [3.8, 4) is 0 Å². The molecule has 0 saturated carbocycles. The first-order chi connectivity index (χ1) is 15.0. The molecule has 2 N–H and O–H groups in total. The summed E-state index contributed by atoms with van der Waals surface area (Å²) in [5.74, 6) is -6.82. The zero-order chi connectivity index (χ0) is 25.2. The van der Waals surface area contributed by atoms with Crippen molar-refractivity contribution in [2.24, 2.45) is 0 Å². The van der Waals surface area contributed by atoms with E-state index in [2.05, 4.69) is 5.32 Å². The average Bonchev–Trinajstić information content (AvgIpc) is 2.68. The SMILES string of the molecule is O=C(N(C(=O)C(F)(F)F)c1ccc(S(=O)(=O)NC(=S)Nc2ccc(F)cc2)cc1)C(F)(F)F. The number of hydrogen-bond donors (Lipinski definition) is 2. The fourth-order valence-electron chi connectivity index (χ4n) is 2.23. The van der Waals surface area contributed by atoms with Crippen LogP contribution in [0, 0.1) is 5.82 Å². The molecule has 0 unspecified atom stereocenters. The van der Waals surface area contributed by atoms with E-state index in [4.69, 9.17) is 12.2 Å². The van der Waals surface area contributed by atoms with Gasteiger partial charge in [-0.1, -0.05) is 0 Å². The molecule has 0 aliphatic rings. The smallest absolute Gasteiger partial charge is 0.332 e. The number of carbonyl (C=O) groups excluding carboxylic acids is 2. The number of thiocarbonyl (C=S) groups is 1. The molecule has 0 aromatic heterocycles. The van der Waals surface area contributed by atoms with Crippen LogP contribution >= 0.6 is 12.2 Å². The molecule has 0 radical (unpaired) electrons. The van der Waals surface area contributed by atoms with Crippen molar-refractivity contribution in [1.29, 1.82) is 0 Å². The van der Waals surface area contributed by atoms with Gasteiger partial charge >= 0.3 is 24.2 Å². The van der Waals surface area contributed by atoms with Crippen LogP contribution in [-0.4, -0.2) is 37.7 Å². The maximum atomic E-state index is 12.9. The maximum absolute atomic E-state index is 12.9. The van der Waals surface area contributed by atoms with Gasteiger partial charge in [0.15, 0.2) is 5.11 Å². The Morgan fingerprint density at radius 1 is 0.818 bits per heavy atom. The minimum atomic E-state index is -5.83. The van der Waals surface area contributed by atoms with Gasteiger partial charge in [0.05, 0.1) is 10.6 Å². The standard InChI is InChI=1S/C17H10F7N3O4S2/c18-9-1-3-10(4-2-9)25-15(32)26-33(30,31)12-7-5-11(6-8-12)27(13(28)16(19,20)21)14(29)17(22,23)24/h1-8H,(H2,25,26,32). The molecule has 0 saturated heterocycles. The van der Waals surface area contributed by atoms with E-state index in [1.807, 2.05) is 4.72 Å². The summed E-state index contributed by atoms with van der Waals surface area (Å²) >= 11 is 4.79. The largest absolute Gasteiger partial charge is 0.472 e. The average molecular weight is 517 g/mol. The first-order valence-electron chi connectivity index (χ1n) is 8.24. The number of nitrogens with one attached hydrogen (secondary N) is 2. The van der Waals surface area contributed by atoms with Crippen molar-refractivity contribution >= 4 is 50.5 Å². The lowest BCUT2D eigenvalue weighted by molar-refractivity contribution is -0.181. The molecule has 0 spiro atoms. The van der Waals surface area contributed by atoms with Crippen LogP contribution in [0.4, 0.5) is 42.1 Å². The molecule has 7 nitrogen and oxygen atoms in total. The number of anilines is 2. The fraction of sp³-hybridized carbons (Fsp3) is 0.118. The Morgan fingerprint density at radius 2 is 1.27 bits per heavy atom. The van der Waals surface area contributed by atoms with Gasteiger partial charge in [0.2, 0.25) is 0 Å². The molecule has 16 heteroatoms. The third-order valence-corrected chi connectivity index (χ3v) is 5.32. The number of sulfonamides is 1. The van der Waals surface area contributed by atoms with Gasteiger partial charge in [-0.05, 0) is 60.7 Å². The Morgan fingerprint density at radius 3 is 1.70 bits per heavy atom. The van der Waals surface area contributed by atoms with Gasteiger partial charge in [-0.25, -0.2) is 17.7 Å². The molecular weight excluding hydrogens is 507 g/mol. The highest BCUT2D eigenvalue weighted by molar-refractivity contribution is 7.92. The summed E-state index contributed by atoms with van der Waals surface area (Å²) in [6.07, 6.45) is -11.7. The zero-order valence-electron chi connectivity index (χ0n) is 15.7. The second kappa shape index (κ2) is 9.30. The van der Waals surface area contributed by atoms with Crippen molar-refractivity contribution in [2.75, 3.05) is 10.2 Å². The lowest BCUT2D eigenvalue weighted by Crippen LogP contribution is -2.50. The molecule has 2 aromatic carbocycles. The van der Waals surface area contributed by atoms with Gasteiger partial charge in [-0.2, -0.15) is 26.3 Å². The Labute approximate surface area is 186 Å². The van der Waals surface area contributed by atoms with Crippen molar-refractivity contribution < 1.29 is 48.7 Å². The summed E-state index contributed by atoms with van der Waals surface area (Å²) in [5.41, 5.74) is -0.975. The topological polar surface area (TPSA) is 95.6 Å². The van der Waals surface area contributed by atoms with Crippen molar-refractivity contribution in [1.82, 2.24) is 4.72 Å². The minimum absolute atomic E-state index is 0.200. The van der Waals surface area contributed by atoms with E-state index < -0.39 is 60.6 Å². The molecule has 2 rings (SSSR count). The van der Waals surface area contributed by atoms with Crippen LogP contribution < -0.4 is 14.9 Å². The number of hydrogen-bond acceptors (Lipinski definition) is 5. The number of imide groups is 1. The van der Waals surface area contributed by atoms with Gasteiger partial charge in [0.1, 0.15) is 5.82 Å². The number of alkyl halides is 6. The summed E-state index contributed by atoms with van der Waals surface area (Å²) in [4.78, 5) is 20.9. The van der Waals surface area contributed by atoms with Gasteiger partial charge in [0.25, 0.3) is 10.0 Å². The van der Waals surface area contributed by atoms with Gasteiger partial charge in [0, 0.05) is 5.69 Å². The summed E-state index contributed by atoms with van der Waals surface area (Å²) in [5, 5.41) is 1.92. The third-order valence-electron chi connectivity index (χ3n) is 3.63. The second-order valence-electron chi connectivity index (χ2n) is 6.00. The molecule has 33 heavy (non-hydrogen) atoms. The van der Waals surface area contributed by atoms with Crippen LogP contribution in [0.3, 0.4) is 0 Å². The van der Waals surface area contributed by atoms with E-state index >= 15 is 0 Å². The first-order valence-corrected chi connectivity index (χ1v) is 10.1. The lowest BCUT2D eigenvalue weighted by Gasteiger charge is -2.23. The number of carbonyl (C=O) groups is 2. The van der Waals surface area contributed by atoms with Crippen molar-refractivity contribution in [2.45, 2.75) is 17.2 Å². The number of benzene rings is 2. The summed E-state index contributed by atoms with van der Waals surface area (Å²) in [7, 11) is -4.49. The van der Waals surface area contributed by atoms with Crippen LogP contribution in [0.2, 0.25) is 0 Å². The van der Waals surface area contributed by atoms with Crippen LogP contribution in [-0.2, 0) is 19.6 Å². The van der Waals surface area contributed by atoms with E-state index in [0.717, 1.165) is 12.1 Å². The van der Waals surface area contributed by atoms with E-state index in [1.165, 1.54) is 12.1 Å². The molecule has 178 valence electrons. The van der Waals surface area contributed by atoms with Gasteiger partial charge < -0.3 is 5.32 Å². The Bertz CT molecular complexity index is 1140.